The van der Waals surface area contributed by atoms with Crippen LogP contribution in [0.3, 0.4) is 0 Å². The first-order chi connectivity index (χ1) is 16.4. The van der Waals surface area contributed by atoms with Gasteiger partial charge in [0.15, 0.2) is 4.96 Å². The van der Waals surface area contributed by atoms with E-state index in [1.165, 1.54) is 0 Å². The van der Waals surface area contributed by atoms with Gasteiger partial charge in [-0.3, -0.25) is 24.0 Å². The molecule has 0 aliphatic carbocycles. The van der Waals surface area contributed by atoms with E-state index in [9.17, 15) is 14.9 Å². The van der Waals surface area contributed by atoms with Crippen molar-refractivity contribution in [2.24, 2.45) is 0 Å². The molecule has 0 aliphatic rings. The number of hydrogen-bond acceptors (Lipinski definition) is 6. The lowest BCUT2D eigenvalue weighted by Crippen LogP contribution is -2.12. The number of aromatic nitrogens is 4. The fourth-order valence-electron chi connectivity index (χ4n) is 3.83. The van der Waals surface area contributed by atoms with Crippen molar-refractivity contribution in [3.63, 3.8) is 0 Å². The molecule has 9 nitrogen and oxygen atoms in total. The molecule has 1 amide bonds. The number of hydrogen-bond donors (Lipinski definition) is 1. The van der Waals surface area contributed by atoms with Crippen LogP contribution in [-0.4, -0.2) is 30.0 Å². The zero-order chi connectivity index (χ0) is 23.8. The normalized spacial score (nSPS) is 11.1. The van der Waals surface area contributed by atoms with Gasteiger partial charge in [-0.25, -0.2) is 4.98 Å². The maximum atomic E-state index is 12.7. The number of nitrogens with zero attached hydrogens (tertiary/aromatic N) is 5. The monoisotopic (exact) mass is 472 g/mol. The van der Waals surface area contributed by atoms with Crippen molar-refractivity contribution < 1.29 is 9.72 Å². The van der Waals surface area contributed by atoms with E-state index in [-0.39, 0.29) is 11.6 Å². The Hall–Kier alpha value is -4.31. The third kappa shape index (κ3) is 4.06. The second-order valence-corrected chi connectivity index (χ2v) is 8.75. The molecular weight excluding hydrogens is 452 g/mol. The third-order valence-electron chi connectivity index (χ3n) is 5.61. The second-order valence-electron chi connectivity index (χ2n) is 7.88. The maximum Gasteiger partial charge on any atom is 0.312 e. The Bertz CT molecular complexity index is 1480. The molecule has 0 fully saturated rings. The molecule has 0 saturated carbocycles. The lowest BCUT2D eigenvalue weighted by atomic mass is 10.1. The molecule has 0 aliphatic heterocycles. The smallest absolute Gasteiger partial charge is 0.312 e. The van der Waals surface area contributed by atoms with Gasteiger partial charge in [-0.2, -0.15) is 5.10 Å². The van der Waals surface area contributed by atoms with Gasteiger partial charge < -0.3 is 5.32 Å². The van der Waals surface area contributed by atoms with Gasteiger partial charge in [-0.15, -0.1) is 11.3 Å². The topological polar surface area (TPSA) is 107 Å². The van der Waals surface area contributed by atoms with E-state index in [4.69, 9.17) is 0 Å². The van der Waals surface area contributed by atoms with Crippen molar-refractivity contribution in [3.8, 4) is 11.3 Å². The zero-order valence-electron chi connectivity index (χ0n) is 18.4. The molecule has 5 aromatic rings. The molecule has 0 unspecified atom stereocenters. The van der Waals surface area contributed by atoms with Crippen molar-refractivity contribution in [2.45, 2.75) is 20.4 Å². The Labute approximate surface area is 198 Å². The Morgan fingerprint density at radius 1 is 1.12 bits per heavy atom. The molecule has 5 rings (SSSR count). The van der Waals surface area contributed by atoms with E-state index >= 15 is 0 Å². The highest BCUT2D eigenvalue weighted by Gasteiger charge is 2.21. The van der Waals surface area contributed by atoms with Crippen LogP contribution >= 0.6 is 11.3 Å². The van der Waals surface area contributed by atoms with Gasteiger partial charge in [-0.05, 0) is 43.7 Å². The number of nitrogens with one attached hydrogen (secondary N) is 1. The Morgan fingerprint density at radius 2 is 1.85 bits per heavy atom. The molecule has 0 atom stereocenters. The zero-order valence-corrected chi connectivity index (χ0v) is 19.2. The van der Waals surface area contributed by atoms with Crippen LogP contribution in [0, 0.1) is 24.0 Å². The van der Waals surface area contributed by atoms with Gasteiger partial charge in [0.1, 0.15) is 11.4 Å². The molecule has 2 aromatic carbocycles. The first-order valence-electron chi connectivity index (χ1n) is 10.5. The average molecular weight is 473 g/mol. The molecule has 0 radical (unpaired) electrons. The number of benzene rings is 2. The highest BCUT2D eigenvalue weighted by molar-refractivity contribution is 7.15. The lowest BCUT2D eigenvalue weighted by molar-refractivity contribution is -0.386. The summed E-state index contributed by atoms with van der Waals surface area (Å²) in [5.74, 6) is -0.219. The summed E-state index contributed by atoms with van der Waals surface area (Å²) in [5, 5.41) is 20.4. The van der Waals surface area contributed by atoms with Crippen molar-refractivity contribution in [3.05, 3.63) is 98.9 Å². The molecule has 1 N–H and O–H groups in total. The SMILES string of the molecule is Cc1nn(Cc2ccc(C(=O)Nc3ccc(-c4cn5ccsc5n4)cc3)cc2)c(C)c1[N+](=O)[O-]. The van der Waals surface area contributed by atoms with E-state index in [1.807, 2.05) is 58.6 Å². The number of carbonyl (C=O) groups is 1. The first kappa shape index (κ1) is 21.5. The van der Waals surface area contributed by atoms with Crippen molar-refractivity contribution in [1.29, 1.82) is 0 Å². The minimum absolute atomic E-state index is 0.0368. The average Bonchev–Trinajstić information content (AvgIpc) is 3.49. The predicted octanol–water partition coefficient (Wildman–Crippen LogP) is 5.08. The maximum absolute atomic E-state index is 12.7. The molecule has 3 heterocycles. The highest BCUT2D eigenvalue weighted by atomic mass is 32.1. The third-order valence-corrected chi connectivity index (χ3v) is 6.38. The van der Waals surface area contributed by atoms with E-state index in [2.05, 4.69) is 15.4 Å². The molecule has 3 aromatic heterocycles. The highest BCUT2D eigenvalue weighted by Crippen LogP contribution is 2.24. The minimum Gasteiger partial charge on any atom is -0.322 e. The van der Waals surface area contributed by atoms with E-state index in [1.54, 1.807) is 42.0 Å². The predicted molar refractivity (Wildman–Crippen MR) is 130 cm³/mol. The molecular formula is C24H20N6O3S. The largest absolute Gasteiger partial charge is 0.322 e. The Balaban J connectivity index is 1.25. The summed E-state index contributed by atoms with van der Waals surface area (Å²) in [6, 6.07) is 14.7. The summed E-state index contributed by atoms with van der Waals surface area (Å²) in [4.78, 5) is 29.0. The summed E-state index contributed by atoms with van der Waals surface area (Å²) in [6.07, 6.45) is 3.95. The van der Waals surface area contributed by atoms with Gasteiger partial charge in [0.2, 0.25) is 0 Å². The van der Waals surface area contributed by atoms with E-state index in [0.717, 1.165) is 21.8 Å². The van der Waals surface area contributed by atoms with Crippen LogP contribution in [0.2, 0.25) is 0 Å². The lowest BCUT2D eigenvalue weighted by Gasteiger charge is -2.08. The number of rotatable bonds is 6. The number of anilines is 1. The van der Waals surface area contributed by atoms with Gasteiger partial charge >= 0.3 is 5.69 Å². The van der Waals surface area contributed by atoms with Crippen molar-refractivity contribution >= 4 is 33.6 Å². The standard InChI is InChI=1S/C24H20N6O3S/c1-15-22(30(32)33)16(2)29(27-15)13-17-3-5-19(6-4-17)23(31)25-20-9-7-18(8-10-20)21-14-28-11-12-34-24(28)26-21/h3-12,14H,13H2,1-2H3,(H,25,31). The summed E-state index contributed by atoms with van der Waals surface area (Å²) in [6.45, 7) is 3.69. The summed E-state index contributed by atoms with van der Waals surface area (Å²) < 4.78 is 3.59. The summed E-state index contributed by atoms with van der Waals surface area (Å²) in [7, 11) is 0. The van der Waals surface area contributed by atoms with Crippen LogP contribution in [-0.2, 0) is 6.54 Å². The number of imidazole rings is 1. The van der Waals surface area contributed by atoms with Crippen LogP contribution in [0.15, 0.2) is 66.3 Å². The number of fused-ring (bicyclic) bond motifs is 1. The van der Waals surface area contributed by atoms with E-state index in [0.29, 0.717) is 29.2 Å². The van der Waals surface area contributed by atoms with Gasteiger partial charge in [-0.1, -0.05) is 24.3 Å². The Kier molecular flexibility index (Phi) is 5.42. The van der Waals surface area contributed by atoms with Crippen molar-refractivity contribution in [2.75, 3.05) is 5.32 Å². The molecule has 0 saturated heterocycles. The Morgan fingerprint density at radius 3 is 2.50 bits per heavy atom. The number of aryl methyl sites for hydroxylation is 1. The van der Waals surface area contributed by atoms with Gasteiger partial charge in [0.05, 0.1) is 17.2 Å². The second kappa shape index (κ2) is 8.56. The molecule has 34 heavy (non-hydrogen) atoms. The van der Waals surface area contributed by atoms with Crippen LogP contribution < -0.4 is 5.32 Å². The minimum atomic E-state index is -0.411. The molecule has 0 spiro atoms. The fourth-order valence-corrected chi connectivity index (χ4v) is 4.53. The van der Waals surface area contributed by atoms with Crippen LogP contribution in [0.4, 0.5) is 11.4 Å². The van der Waals surface area contributed by atoms with Crippen LogP contribution in [0.5, 0.6) is 0 Å². The summed E-state index contributed by atoms with van der Waals surface area (Å²) in [5.41, 5.74) is 4.88. The van der Waals surface area contributed by atoms with Crippen LogP contribution in [0.25, 0.3) is 16.2 Å². The molecule has 0 bridgehead atoms. The van der Waals surface area contributed by atoms with Crippen LogP contribution in [0.1, 0.15) is 27.3 Å². The molecule has 170 valence electrons. The fraction of sp³-hybridized carbons (Fsp3) is 0.125. The quantitative estimate of drug-likeness (QED) is 0.274. The summed E-state index contributed by atoms with van der Waals surface area (Å²) >= 11 is 1.58. The van der Waals surface area contributed by atoms with Gasteiger partial charge in [0.25, 0.3) is 5.91 Å². The van der Waals surface area contributed by atoms with Crippen molar-refractivity contribution in [1.82, 2.24) is 19.2 Å². The first-order valence-corrected chi connectivity index (χ1v) is 11.4. The van der Waals surface area contributed by atoms with Gasteiger partial charge in [0, 0.05) is 34.6 Å². The van der Waals surface area contributed by atoms with E-state index < -0.39 is 4.92 Å². The number of amides is 1. The number of nitro groups is 1. The number of thiazole rings is 1. The molecule has 10 heteroatoms. The number of carbonyl (C=O) groups excluding carboxylic acids is 1.